The molecule has 9 heteroatoms. The number of benzene rings is 2. The summed E-state index contributed by atoms with van der Waals surface area (Å²) >= 11 is 0. The summed E-state index contributed by atoms with van der Waals surface area (Å²) in [6, 6.07) is 15.4. The standard InChI is InChI=1S/C22H25N5O4/c1-15(2)27-20(24-25-26-27)14-31-18-11-7-10-17(13-18)21(28)23-19(22(29)30-3)12-16-8-5-4-6-9-16/h4-11,13,15,19H,12,14H2,1-3H3,(H,23,28). The van der Waals surface area contributed by atoms with Gasteiger partial charge in [-0.3, -0.25) is 4.79 Å². The third-order valence-electron chi connectivity index (χ3n) is 4.59. The van der Waals surface area contributed by atoms with Gasteiger partial charge in [0.2, 0.25) is 0 Å². The third kappa shape index (κ3) is 5.88. The number of carbonyl (C=O) groups is 2. The summed E-state index contributed by atoms with van der Waals surface area (Å²) in [6.07, 6.45) is 0.327. The highest BCUT2D eigenvalue weighted by molar-refractivity contribution is 5.97. The predicted molar refractivity (Wildman–Crippen MR) is 112 cm³/mol. The first kappa shape index (κ1) is 21.9. The van der Waals surface area contributed by atoms with Crippen molar-refractivity contribution in [1.29, 1.82) is 0 Å². The molecule has 0 aliphatic rings. The highest BCUT2D eigenvalue weighted by Crippen LogP contribution is 2.16. The largest absolute Gasteiger partial charge is 0.486 e. The number of nitrogens with zero attached hydrogens (tertiary/aromatic N) is 4. The Hall–Kier alpha value is -3.75. The lowest BCUT2D eigenvalue weighted by molar-refractivity contribution is -0.142. The molecule has 0 fully saturated rings. The number of tetrazole rings is 1. The molecule has 1 aromatic heterocycles. The highest BCUT2D eigenvalue weighted by atomic mass is 16.5. The zero-order valence-electron chi connectivity index (χ0n) is 17.7. The predicted octanol–water partition coefficient (Wildman–Crippen LogP) is 2.35. The monoisotopic (exact) mass is 423 g/mol. The number of esters is 1. The molecule has 31 heavy (non-hydrogen) atoms. The summed E-state index contributed by atoms with van der Waals surface area (Å²) in [7, 11) is 1.30. The lowest BCUT2D eigenvalue weighted by atomic mass is 10.1. The average molecular weight is 423 g/mol. The molecule has 162 valence electrons. The van der Waals surface area contributed by atoms with E-state index in [1.807, 2.05) is 44.2 Å². The summed E-state index contributed by atoms with van der Waals surface area (Å²) in [5, 5.41) is 14.3. The maximum Gasteiger partial charge on any atom is 0.328 e. The van der Waals surface area contributed by atoms with Gasteiger partial charge in [0.25, 0.3) is 5.91 Å². The topological polar surface area (TPSA) is 108 Å². The Morgan fingerprint density at radius 2 is 1.87 bits per heavy atom. The molecule has 0 spiro atoms. The van der Waals surface area contributed by atoms with Crippen LogP contribution in [0.1, 0.15) is 41.6 Å². The molecule has 1 N–H and O–H groups in total. The minimum Gasteiger partial charge on any atom is -0.486 e. The summed E-state index contributed by atoms with van der Waals surface area (Å²) in [5.74, 6) is 0.163. The SMILES string of the molecule is COC(=O)C(Cc1ccccc1)NC(=O)c1cccc(OCc2nnnn2C(C)C)c1. The van der Waals surface area contributed by atoms with Crippen LogP contribution < -0.4 is 10.1 Å². The molecule has 3 rings (SSSR count). The molecule has 0 saturated carbocycles. The molecule has 0 radical (unpaired) electrons. The molecule has 0 saturated heterocycles. The minimum atomic E-state index is -0.805. The second-order valence-corrected chi connectivity index (χ2v) is 7.19. The van der Waals surface area contributed by atoms with E-state index in [4.69, 9.17) is 9.47 Å². The van der Waals surface area contributed by atoms with Gasteiger partial charge in [-0.1, -0.05) is 36.4 Å². The van der Waals surface area contributed by atoms with Crippen molar-refractivity contribution >= 4 is 11.9 Å². The van der Waals surface area contributed by atoms with E-state index < -0.39 is 17.9 Å². The average Bonchev–Trinajstić information content (AvgIpc) is 3.26. The Balaban J connectivity index is 1.67. The number of carbonyl (C=O) groups excluding carboxylic acids is 2. The van der Waals surface area contributed by atoms with E-state index in [0.717, 1.165) is 5.56 Å². The van der Waals surface area contributed by atoms with Gasteiger partial charge in [0, 0.05) is 12.0 Å². The van der Waals surface area contributed by atoms with Crippen LogP contribution in [0.25, 0.3) is 0 Å². The first-order valence-corrected chi connectivity index (χ1v) is 9.90. The number of hydrogen-bond donors (Lipinski definition) is 1. The lowest BCUT2D eigenvalue weighted by Crippen LogP contribution is -2.43. The van der Waals surface area contributed by atoms with Crippen molar-refractivity contribution in [2.75, 3.05) is 7.11 Å². The van der Waals surface area contributed by atoms with E-state index in [1.165, 1.54) is 7.11 Å². The van der Waals surface area contributed by atoms with E-state index in [-0.39, 0.29) is 12.6 Å². The molecule has 1 heterocycles. The van der Waals surface area contributed by atoms with Crippen LogP contribution in [0, 0.1) is 0 Å². The van der Waals surface area contributed by atoms with Gasteiger partial charge in [-0.05, 0) is 48.0 Å². The molecule has 0 bridgehead atoms. The molecular weight excluding hydrogens is 398 g/mol. The molecule has 1 unspecified atom stereocenters. The van der Waals surface area contributed by atoms with Crippen LogP contribution in [0.2, 0.25) is 0 Å². The van der Waals surface area contributed by atoms with Crippen molar-refractivity contribution < 1.29 is 19.1 Å². The van der Waals surface area contributed by atoms with Crippen LogP contribution in [0.5, 0.6) is 5.75 Å². The van der Waals surface area contributed by atoms with E-state index in [0.29, 0.717) is 23.6 Å². The Morgan fingerprint density at radius 1 is 1.10 bits per heavy atom. The Labute approximate surface area is 180 Å². The van der Waals surface area contributed by atoms with Gasteiger partial charge in [-0.2, -0.15) is 0 Å². The third-order valence-corrected chi connectivity index (χ3v) is 4.59. The van der Waals surface area contributed by atoms with Crippen molar-refractivity contribution in [3.63, 3.8) is 0 Å². The van der Waals surface area contributed by atoms with Gasteiger partial charge < -0.3 is 14.8 Å². The highest BCUT2D eigenvalue weighted by Gasteiger charge is 2.23. The number of nitrogens with one attached hydrogen (secondary N) is 1. The normalized spacial score (nSPS) is 11.7. The fourth-order valence-electron chi connectivity index (χ4n) is 3.01. The lowest BCUT2D eigenvalue weighted by Gasteiger charge is -2.17. The molecule has 3 aromatic rings. The maximum atomic E-state index is 12.8. The summed E-state index contributed by atoms with van der Waals surface area (Å²) in [4.78, 5) is 25.0. The molecule has 9 nitrogen and oxygen atoms in total. The zero-order valence-corrected chi connectivity index (χ0v) is 17.7. The number of amides is 1. The molecule has 1 amide bonds. The summed E-state index contributed by atoms with van der Waals surface area (Å²) in [5.41, 5.74) is 1.28. The Bertz CT molecular complexity index is 1020. The number of hydrogen-bond acceptors (Lipinski definition) is 7. The minimum absolute atomic E-state index is 0.102. The number of rotatable bonds is 9. The van der Waals surface area contributed by atoms with Crippen LogP contribution in [0.4, 0.5) is 0 Å². The number of aromatic nitrogens is 4. The number of methoxy groups -OCH3 is 1. The van der Waals surface area contributed by atoms with Gasteiger partial charge in [-0.25, -0.2) is 9.48 Å². The molecule has 0 aliphatic heterocycles. The van der Waals surface area contributed by atoms with Crippen LogP contribution in [-0.2, 0) is 22.6 Å². The van der Waals surface area contributed by atoms with Gasteiger partial charge in [-0.15, -0.1) is 5.10 Å². The van der Waals surface area contributed by atoms with Crippen molar-refractivity contribution in [1.82, 2.24) is 25.5 Å². The summed E-state index contributed by atoms with van der Waals surface area (Å²) in [6.45, 7) is 4.10. The smallest absolute Gasteiger partial charge is 0.328 e. The van der Waals surface area contributed by atoms with Crippen LogP contribution >= 0.6 is 0 Å². The first-order valence-electron chi connectivity index (χ1n) is 9.90. The molecule has 1 atom stereocenters. The molecule has 0 aliphatic carbocycles. The first-order chi connectivity index (χ1) is 15.0. The summed E-state index contributed by atoms with van der Waals surface area (Å²) < 4.78 is 12.3. The van der Waals surface area contributed by atoms with Gasteiger partial charge in [0.05, 0.1) is 13.2 Å². The molecule has 2 aromatic carbocycles. The van der Waals surface area contributed by atoms with Gasteiger partial charge >= 0.3 is 5.97 Å². The van der Waals surface area contributed by atoms with E-state index >= 15 is 0 Å². The van der Waals surface area contributed by atoms with Crippen LogP contribution in [0.15, 0.2) is 54.6 Å². The van der Waals surface area contributed by atoms with Crippen LogP contribution in [-0.4, -0.2) is 45.2 Å². The number of ether oxygens (including phenoxy) is 2. The fourth-order valence-corrected chi connectivity index (χ4v) is 3.01. The Morgan fingerprint density at radius 3 is 2.58 bits per heavy atom. The van der Waals surface area contributed by atoms with Crippen molar-refractivity contribution in [2.24, 2.45) is 0 Å². The molecular formula is C22H25N5O4. The van der Waals surface area contributed by atoms with E-state index in [2.05, 4.69) is 20.8 Å². The zero-order chi connectivity index (χ0) is 22.2. The van der Waals surface area contributed by atoms with Crippen molar-refractivity contribution in [3.8, 4) is 5.75 Å². The van der Waals surface area contributed by atoms with Gasteiger partial charge in [0.1, 0.15) is 18.4 Å². The van der Waals surface area contributed by atoms with E-state index in [9.17, 15) is 9.59 Å². The fraction of sp³-hybridized carbons (Fsp3) is 0.318. The van der Waals surface area contributed by atoms with E-state index in [1.54, 1.807) is 28.9 Å². The van der Waals surface area contributed by atoms with Crippen molar-refractivity contribution in [3.05, 3.63) is 71.5 Å². The Kier molecular flexibility index (Phi) is 7.31. The maximum absolute atomic E-state index is 12.8. The second kappa shape index (κ2) is 10.3. The van der Waals surface area contributed by atoms with Crippen molar-refractivity contribution in [2.45, 2.75) is 39.0 Å². The van der Waals surface area contributed by atoms with Crippen LogP contribution in [0.3, 0.4) is 0 Å². The van der Waals surface area contributed by atoms with Gasteiger partial charge in [0.15, 0.2) is 5.82 Å². The second-order valence-electron chi connectivity index (χ2n) is 7.19. The quantitative estimate of drug-likeness (QED) is 0.526.